The highest BCUT2D eigenvalue weighted by atomic mass is 19.3. The van der Waals surface area contributed by atoms with E-state index in [-0.39, 0.29) is 24.9 Å². The Hall–Kier alpha value is -2.18. The largest absolute Gasteiger partial charge is 0.478 e. The summed E-state index contributed by atoms with van der Waals surface area (Å²) in [5, 5.41) is 13.7. The van der Waals surface area contributed by atoms with Crippen LogP contribution in [-0.4, -0.2) is 29.1 Å². The lowest BCUT2D eigenvalue weighted by atomic mass is 9.88. The Morgan fingerprint density at radius 3 is 2.35 bits per heavy atom. The molecule has 0 atom stereocenters. The molecule has 1 saturated carbocycles. The van der Waals surface area contributed by atoms with Crippen LogP contribution >= 0.6 is 0 Å². The van der Waals surface area contributed by atoms with Gasteiger partial charge >= 0.3 is 12.0 Å². The van der Waals surface area contributed by atoms with Gasteiger partial charge in [-0.25, -0.2) is 18.4 Å². The molecule has 0 saturated heterocycles. The molecule has 0 spiro atoms. The monoisotopic (exact) mass is 284 g/mol. The zero-order valence-corrected chi connectivity index (χ0v) is 10.5. The number of carboxylic acid groups (broad SMARTS) is 1. The number of carbonyl (C=O) groups excluding carboxylic acids is 1. The van der Waals surface area contributed by atoms with Crippen LogP contribution in [0.2, 0.25) is 0 Å². The van der Waals surface area contributed by atoms with Crippen molar-refractivity contribution in [3.05, 3.63) is 35.4 Å². The van der Waals surface area contributed by atoms with Crippen LogP contribution in [0.15, 0.2) is 24.3 Å². The van der Waals surface area contributed by atoms with Gasteiger partial charge in [0.2, 0.25) is 0 Å². The van der Waals surface area contributed by atoms with E-state index in [1.165, 1.54) is 12.1 Å². The van der Waals surface area contributed by atoms with Crippen molar-refractivity contribution >= 4 is 12.0 Å². The van der Waals surface area contributed by atoms with Gasteiger partial charge in [0.1, 0.15) is 0 Å². The van der Waals surface area contributed by atoms with E-state index in [2.05, 4.69) is 10.6 Å². The number of rotatable bonds is 4. The molecule has 0 unspecified atom stereocenters. The smallest absolute Gasteiger partial charge is 0.335 e. The lowest BCUT2D eigenvalue weighted by Gasteiger charge is -2.35. The normalized spacial score (nSPS) is 17.1. The van der Waals surface area contributed by atoms with Crippen LogP contribution in [-0.2, 0) is 6.54 Å². The minimum absolute atomic E-state index is 0.162. The molecule has 0 aromatic heterocycles. The molecule has 0 radical (unpaired) electrons. The summed E-state index contributed by atoms with van der Waals surface area (Å²) in [7, 11) is 0. The van der Waals surface area contributed by atoms with Crippen LogP contribution in [0, 0.1) is 0 Å². The van der Waals surface area contributed by atoms with Gasteiger partial charge in [-0.3, -0.25) is 0 Å². The molecule has 5 nitrogen and oxygen atoms in total. The van der Waals surface area contributed by atoms with Crippen molar-refractivity contribution in [2.24, 2.45) is 0 Å². The zero-order valence-electron chi connectivity index (χ0n) is 10.5. The number of halogens is 2. The van der Waals surface area contributed by atoms with E-state index >= 15 is 0 Å². The minimum atomic E-state index is -2.66. The van der Waals surface area contributed by atoms with Gasteiger partial charge in [0.15, 0.2) is 0 Å². The molecule has 3 N–H and O–H groups in total. The molecule has 0 aliphatic heterocycles. The Bertz CT molecular complexity index is 509. The maximum absolute atomic E-state index is 12.6. The third kappa shape index (κ3) is 3.66. The van der Waals surface area contributed by atoms with Crippen LogP contribution < -0.4 is 10.6 Å². The predicted molar refractivity (Wildman–Crippen MR) is 66.7 cm³/mol. The average molecular weight is 284 g/mol. The molecule has 2 rings (SSSR count). The van der Waals surface area contributed by atoms with Crippen LogP contribution in [0.4, 0.5) is 13.6 Å². The summed E-state index contributed by atoms with van der Waals surface area (Å²) < 4.78 is 25.1. The summed E-state index contributed by atoms with van der Waals surface area (Å²) in [6.45, 7) is 0.203. The number of carboxylic acids is 1. The molecule has 2 amide bonds. The summed E-state index contributed by atoms with van der Waals surface area (Å²) in [4.78, 5) is 22.1. The summed E-state index contributed by atoms with van der Waals surface area (Å²) in [6, 6.07) is 5.04. The number of carbonyl (C=O) groups is 2. The number of benzene rings is 1. The van der Waals surface area contributed by atoms with Gasteiger partial charge in [0, 0.05) is 25.4 Å². The van der Waals surface area contributed by atoms with E-state index in [1.54, 1.807) is 12.1 Å². The van der Waals surface area contributed by atoms with Gasteiger partial charge in [0.25, 0.3) is 5.92 Å². The molecule has 1 aliphatic carbocycles. The fourth-order valence-electron chi connectivity index (χ4n) is 1.95. The molecular formula is C13H14F2N2O3. The molecule has 108 valence electrons. The van der Waals surface area contributed by atoms with Gasteiger partial charge < -0.3 is 15.7 Å². The number of nitrogens with one attached hydrogen (secondary N) is 2. The van der Waals surface area contributed by atoms with Crippen molar-refractivity contribution in [3.8, 4) is 0 Å². The Morgan fingerprint density at radius 2 is 1.85 bits per heavy atom. The first kappa shape index (κ1) is 14.2. The van der Waals surface area contributed by atoms with Gasteiger partial charge in [0.05, 0.1) is 5.56 Å². The Labute approximate surface area is 114 Å². The van der Waals surface area contributed by atoms with Crippen molar-refractivity contribution in [2.45, 2.75) is 31.4 Å². The zero-order chi connectivity index (χ0) is 14.8. The first-order chi connectivity index (χ1) is 9.35. The van der Waals surface area contributed by atoms with Crippen molar-refractivity contribution in [1.82, 2.24) is 10.6 Å². The predicted octanol–water partition coefficient (Wildman–Crippen LogP) is 1.98. The van der Waals surface area contributed by atoms with E-state index in [1.807, 2.05) is 0 Å². The molecule has 1 aromatic carbocycles. The van der Waals surface area contributed by atoms with E-state index in [0.29, 0.717) is 0 Å². The standard InChI is InChI=1S/C13H14F2N2O3/c14-13(15)5-10(6-13)17-12(20)16-7-8-1-3-9(4-2-8)11(18)19/h1-4,10H,5-7H2,(H,18,19)(H2,16,17,20). The molecular weight excluding hydrogens is 270 g/mol. The second-order valence-electron chi connectivity index (χ2n) is 4.79. The first-order valence-electron chi connectivity index (χ1n) is 6.10. The van der Waals surface area contributed by atoms with E-state index in [9.17, 15) is 18.4 Å². The minimum Gasteiger partial charge on any atom is -0.478 e. The lowest BCUT2D eigenvalue weighted by Crippen LogP contribution is -2.52. The highest BCUT2D eigenvalue weighted by Crippen LogP contribution is 2.37. The Morgan fingerprint density at radius 1 is 1.25 bits per heavy atom. The van der Waals surface area contributed by atoms with Crippen LogP contribution in [0.25, 0.3) is 0 Å². The molecule has 20 heavy (non-hydrogen) atoms. The van der Waals surface area contributed by atoms with Gasteiger partial charge in [-0.05, 0) is 17.7 Å². The van der Waals surface area contributed by atoms with Crippen molar-refractivity contribution in [2.75, 3.05) is 0 Å². The Balaban J connectivity index is 1.74. The van der Waals surface area contributed by atoms with Gasteiger partial charge in [-0.2, -0.15) is 0 Å². The number of amides is 2. The lowest BCUT2D eigenvalue weighted by molar-refractivity contribution is -0.0896. The van der Waals surface area contributed by atoms with Crippen molar-refractivity contribution in [1.29, 1.82) is 0 Å². The van der Waals surface area contributed by atoms with E-state index in [4.69, 9.17) is 5.11 Å². The molecule has 0 bridgehead atoms. The molecule has 0 heterocycles. The third-order valence-electron chi connectivity index (χ3n) is 3.08. The summed E-state index contributed by atoms with van der Waals surface area (Å²) >= 11 is 0. The number of alkyl halides is 2. The summed E-state index contributed by atoms with van der Waals surface area (Å²) in [5.74, 6) is -3.68. The number of aromatic carboxylic acids is 1. The van der Waals surface area contributed by atoms with E-state index < -0.39 is 24.0 Å². The SMILES string of the molecule is O=C(NCc1ccc(C(=O)O)cc1)NC1CC(F)(F)C1. The molecule has 7 heteroatoms. The highest BCUT2D eigenvalue weighted by molar-refractivity contribution is 5.87. The second kappa shape index (κ2) is 5.44. The second-order valence-corrected chi connectivity index (χ2v) is 4.79. The van der Waals surface area contributed by atoms with E-state index in [0.717, 1.165) is 5.56 Å². The number of hydrogen-bond donors (Lipinski definition) is 3. The summed E-state index contributed by atoms with van der Waals surface area (Å²) in [6.07, 6.45) is -0.651. The number of urea groups is 1. The molecule has 1 fully saturated rings. The fraction of sp³-hybridized carbons (Fsp3) is 0.385. The first-order valence-corrected chi connectivity index (χ1v) is 6.10. The van der Waals surface area contributed by atoms with Crippen LogP contribution in [0.3, 0.4) is 0 Å². The highest BCUT2D eigenvalue weighted by Gasteiger charge is 2.45. The van der Waals surface area contributed by atoms with Gasteiger partial charge in [-0.1, -0.05) is 12.1 Å². The molecule has 1 aromatic rings. The maximum Gasteiger partial charge on any atom is 0.335 e. The summed E-state index contributed by atoms with van der Waals surface area (Å²) in [5.41, 5.74) is 0.888. The van der Waals surface area contributed by atoms with Crippen molar-refractivity contribution < 1.29 is 23.5 Å². The van der Waals surface area contributed by atoms with Crippen LogP contribution in [0.5, 0.6) is 0 Å². The van der Waals surface area contributed by atoms with Crippen molar-refractivity contribution in [3.63, 3.8) is 0 Å². The van der Waals surface area contributed by atoms with Crippen LogP contribution in [0.1, 0.15) is 28.8 Å². The van der Waals surface area contributed by atoms with Gasteiger partial charge in [-0.15, -0.1) is 0 Å². The Kier molecular flexibility index (Phi) is 3.87. The quantitative estimate of drug-likeness (QED) is 0.791. The maximum atomic E-state index is 12.6. The average Bonchev–Trinajstić information content (AvgIpc) is 2.34. The fourth-order valence-corrected chi connectivity index (χ4v) is 1.95. The topological polar surface area (TPSA) is 78.4 Å². The number of hydrogen-bond acceptors (Lipinski definition) is 2. The molecule has 1 aliphatic rings. The third-order valence-corrected chi connectivity index (χ3v) is 3.08.